The molecule has 28 heavy (non-hydrogen) atoms. The van der Waals surface area contributed by atoms with E-state index in [1.807, 2.05) is 0 Å². The van der Waals surface area contributed by atoms with Crippen LogP contribution in [0.15, 0.2) is 12.1 Å². The van der Waals surface area contributed by atoms with Gasteiger partial charge < -0.3 is 15.7 Å². The van der Waals surface area contributed by atoms with Crippen molar-refractivity contribution >= 4 is 35.3 Å². The maximum absolute atomic E-state index is 14.6. The van der Waals surface area contributed by atoms with Gasteiger partial charge in [0.05, 0.1) is 16.8 Å². The van der Waals surface area contributed by atoms with Gasteiger partial charge in [-0.2, -0.15) is 0 Å². The number of halogens is 1. The third-order valence-corrected chi connectivity index (χ3v) is 4.57. The molecule has 1 fully saturated rings. The Morgan fingerprint density at radius 2 is 1.89 bits per heavy atom. The van der Waals surface area contributed by atoms with Gasteiger partial charge in [0.15, 0.2) is 0 Å². The van der Waals surface area contributed by atoms with Gasteiger partial charge >= 0.3 is 5.97 Å². The van der Waals surface area contributed by atoms with Crippen molar-refractivity contribution in [3.05, 3.63) is 29.1 Å². The van der Waals surface area contributed by atoms with Crippen molar-refractivity contribution in [2.45, 2.75) is 18.9 Å². The van der Waals surface area contributed by atoms with Crippen molar-refractivity contribution in [2.75, 3.05) is 24.5 Å². The smallest absolute Gasteiger partial charge is 0.323 e. The summed E-state index contributed by atoms with van der Waals surface area (Å²) in [5.41, 5.74) is 4.90. The van der Waals surface area contributed by atoms with Crippen LogP contribution in [0.25, 0.3) is 0 Å². The van der Waals surface area contributed by atoms with E-state index in [9.17, 15) is 28.4 Å². The number of carbonyl (C=O) groups excluding carboxylic acids is 4. The Labute approximate surface area is 158 Å². The fraction of sp³-hybridized carbons (Fsp3) is 0.353. The minimum atomic E-state index is -1.22. The molecule has 2 aliphatic rings. The zero-order chi connectivity index (χ0) is 20.6. The summed E-state index contributed by atoms with van der Waals surface area (Å²) in [5, 5.41) is 11.1. The lowest BCUT2D eigenvalue weighted by molar-refractivity contribution is -0.137. The lowest BCUT2D eigenvalue weighted by atomic mass is 10.0. The van der Waals surface area contributed by atoms with Crippen molar-refractivity contribution in [3.63, 3.8) is 0 Å². The minimum absolute atomic E-state index is 0.0149. The predicted molar refractivity (Wildman–Crippen MR) is 92.0 cm³/mol. The molecular weight excluding hydrogens is 375 g/mol. The highest BCUT2D eigenvalue weighted by Gasteiger charge is 2.45. The second-order valence-electron chi connectivity index (χ2n) is 6.40. The van der Waals surface area contributed by atoms with Gasteiger partial charge in [-0.25, -0.2) is 4.39 Å². The van der Waals surface area contributed by atoms with E-state index in [1.165, 1.54) is 0 Å². The minimum Gasteiger partial charge on any atom is -0.480 e. The summed E-state index contributed by atoms with van der Waals surface area (Å²) < 4.78 is 14.6. The van der Waals surface area contributed by atoms with Crippen LogP contribution in [0.3, 0.4) is 0 Å². The molecule has 3 rings (SSSR count). The van der Waals surface area contributed by atoms with Crippen LogP contribution in [0.5, 0.6) is 0 Å². The normalized spacial score (nSPS) is 18.9. The third-order valence-electron chi connectivity index (χ3n) is 4.57. The number of anilines is 1. The lowest BCUT2D eigenvalue weighted by Gasteiger charge is -2.27. The van der Waals surface area contributed by atoms with Gasteiger partial charge in [-0.15, -0.1) is 0 Å². The first-order chi connectivity index (χ1) is 13.2. The van der Waals surface area contributed by atoms with Crippen LogP contribution in [0, 0.1) is 5.82 Å². The van der Waals surface area contributed by atoms with E-state index in [-0.39, 0.29) is 42.7 Å². The summed E-state index contributed by atoms with van der Waals surface area (Å²) in [5.74, 6) is -5.04. The number of hydrogen-bond donors (Lipinski definition) is 3. The summed E-state index contributed by atoms with van der Waals surface area (Å²) in [6, 6.07) is 0.771. The first kappa shape index (κ1) is 19.4. The molecule has 11 heteroatoms. The summed E-state index contributed by atoms with van der Waals surface area (Å²) in [6.07, 6.45) is -0.0594. The Balaban J connectivity index is 1.97. The summed E-state index contributed by atoms with van der Waals surface area (Å²) in [4.78, 5) is 61.6. The second-order valence-corrected chi connectivity index (χ2v) is 6.40. The van der Waals surface area contributed by atoms with Crippen LogP contribution in [-0.2, 0) is 14.4 Å². The van der Waals surface area contributed by atoms with Gasteiger partial charge in [-0.1, -0.05) is 0 Å². The molecule has 0 spiro atoms. The van der Waals surface area contributed by atoms with E-state index in [0.29, 0.717) is 4.90 Å². The molecule has 2 heterocycles. The number of fused-ring (bicyclic) bond motifs is 1. The number of rotatable bonds is 6. The van der Waals surface area contributed by atoms with E-state index in [2.05, 4.69) is 5.32 Å². The number of carboxylic acids is 1. The maximum atomic E-state index is 14.6. The highest BCUT2D eigenvalue weighted by Crippen LogP contribution is 2.32. The number of benzene rings is 1. The zero-order valence-corrected chi connectivity index (χ0v) is 14.6. The van der Waals surface area contributed by atoms with Crippen molar-refractivity contribution in [3.8, 4) is 0 Å². The van der Waals surface area contributed by atoms with Crippen LogP contribution in [0.1, 0.15) is 33.6 Å². The van der Waals surface area contributed by atoms with Crippen molar-refractivity contribution in [1.82, 2.24) is 10.2 Å². The number of imide groups is 2. The molecule has 1 aromatic carbocycles. The molecule has 148 valence electrons. The Morgan fingerprint density at radius 1 is 1.25 bits per heavy atom. The van der Waals surface area contributed by atoms with Gasteiger partial charge in [0.1, 0.15) is 18.4 Å². The Kier molecular flexibility index (Phi) is 5.10. The molecule has 1 unspecified atom stereocenters. The van der Waals surface area contributed by atoms with Crippen molar-refractivity contribution < 1.29 is 33.5 Å². The van der Waals surface area contributed by atoms with Crippen LogP contribution in [-0.4, -0.2) is 65.3 Å². The predicted octanol–water partition coefficient (Wildman–Crippen LogP) is -0.923. The largest absolute Gasteiger partial charge is 0.480 e. The average Bonchev–Trinajstić information content (AvgIpc) is 2.84. The van der Waals surface area contributed by atoms with Gasteiger partial charge in [0.2, 0.25) is 11.8 Å². The highest BCUT2D eigenvalue weighted by atomic mass is 19.1. The Morgan fingerprint density at radius 3 is 2.46 bits per heavy atom. The first-order valence-electron chi connectivity index (χ1n) is 8.46. The number of nitrogens with two attached hydrogens (primary N) is 1. The molecule has 0 radical (unpaired) electrons. The molecular formula is C17H17FN4O6. The first-order valence-corrected chi connectivity index (χ1v) is 8.46. The van der Waals surface area contributed by atoms with E-state index >= 15 is 0 Å². The number of nitrogens with one attached hydrogen (secondary N) is 1. The number of carboxylic acid groups (broad SMARTS) is 1. The summed E-state index contributed by atoms with van der Waals surface area (Å²) >= 11 is 0. The maximum Gasteiger partial charge on any atom is 0.323 e. The molecule has 0 saturated carbocycles. The zero-order valence-electron chi connectivity index (χ0n) is 14.6. The molecule has 1 aromatic rings. The van der Waals surface area contributed by atoms with Crippen LogP contribution in [0.2, 0.25) is 0 Å². The third kappa shape index (κ3) is 3.31. The highest BCUT2D eigenvalue weighted by molar-refractivity contribution is 6.23. The second kappa shape index (κ2) is 7.35. The number of hydrogen-bond acceptors (Lipinski definition) is 7. The number of nitrogens with zero attached hydrogens (tertiary/aromatic N) is 2. The summed E-state index contributed by atoms with van der Waals surface area (Å²) in [6.45, 7) is -0.494. The monoisotopic (exact) mass is 392 g/mol. The topological polar surface area (TPSA) is 150 Å². The van der Waals surface area contributed by atoms with Crippen molar-refractivity contribution in [1.29, 1.82) is 0 Å². The van der Waals surface area contributed by atoms with E-state index in [0.717, 1.165) is 17.0 Å². The molecule has 10 nitrogen and oxygen atoms in total. The number of amides is 4. The number of aliphatic carboxylic acids is 1. The molecule has 1 atom stereocenters. The Bertz CT molecular complexity index is 902. The van der Waals surface area contributed by atoms with E-state index < -0.39 is 48.0 Å². The van der Waals surface area contributed by atoms with E-state index in [1.54, 1.807) is 0 Å². The molecule has 2 aliphatic heterocycles. The quantitative estimate of drug-likeness (QED) is 0.526. The van der Waals surface area contributed by atoms with E-state index in [4.69, 9.17) is 10.8 Å². The summed E-state index contributed by atoms with van der Waals surface area (Å²) in [7, 11) is 0. The van der Waals surface area contributed by atoms with Gasteiger partial charge in [0, 0.05) is 19.5 Å². The molecule has 0 bridgehead atoms. The van der Waals surface area contributed by atoms with Gasteiger partial charge in [-0.3, -0.25) is 34.2 Å². The van der Waals surface area contributed by atoms with Crippen LogP contribution in [0.4, 0.5) is 10.1 Å². The fourth-order valence-corrected chi connectivity index (χ4v) is 3.33. The lowest BCUT2D eigenvalue weighted by Crippen LogP contribution is -2.54. The van der Waals surface area contributed by atoms with Crippen molar-refractivity contribution in [2.24, 2.45) is 5.73 Å². The molecule has 0 aliphatic carbocycles. The standard InChI is InChI=1S/C17H17FN4O6/c18-10-5-8-9(6-12(10)21(4-3-19)7-14(24)25)17(28)22(16(8)27)11-1-2-13(23)20-15(11)26/h5-6,11H,1-4,7,19H2,(H,24,25)(H,20,23,26). The SMILES string of the molecule is NCCN(CC(=O)O)c1cc2c(cc1F)C(=O)N(C1CCC(=O)NC1=O)C2=O. The van der Waals surface area contributed by atoms with Gasteiger partial charge in [-0.05, 0) is 18.6 Å². The number of carbonyl (C=O) groups is 5. The Hall–Kier alpha value is -3.34. The molecule has 1 saturated heterocycles. The van der Waals surface area contributed by atoms with Crippen LogP contribution < -0.4 is 16.0 Å². The number of piperidine rings is 1. The average molecular weight is 392 g/mol. The molecule has 4 amide bonds. The molecule has 4 N–H and O–H groups in total. The van der Waals surface area contributed by atoms with Gasteiger partial charge in [0.25, 0.3) is 11.8 Å². The van der Waals surface area contributed by atoms with Crippen LogP contribution >= 0.6 is 0 Å². The molecule has 0 aromatic heterocycles. The fourth-order valence-electron chi connectivity index (χ4n) is 3.33.